The molecule has 0 nitrogen and oxygen atoms in total. The van der Waals surface area contributed by atoms with Gasteiger partial charge in [0.15, 0.2) is 0 Å². The van der Waals surface area contributed by atoms with E-state index in [1.165, 1.54) is 77.0 Å². The van der Waals surface area contributed by atoms with E-state index in [9.17, 15) is 0 Å². The second kappa shape index (κ2) is 14.3. The average Bonchev–Trinajstić information content (AvgIpc) is 2.30. The third-order valence-electron chi connectivity index (χ3n) is 3.64. The minimum atomic E-state index is -0.255. The molecule has 104 valence electrons. The molecule has 0 aromatic carbocycles. The van der Waals surface area contributed by atoms with Gasteiger partial charge >= 0.3 is 0 Å². The largest absolute Gasteiger partial charge is 0.0722 e. The molecule has 0 spiro atoms. The van der Waals surface area contributed by atoms with E-state index >= 15 is 0 Å². The molecule has 0 rings (SSSR count). The van der Waals surface area contributed by atoms with Crippen LogP contribution in [0.2, 0.25) is 19.1 Å². The summed E-state index contributed by atoms with van der Waals surface area (Å²) in [7, 11) is -0.255. The van der Waals surface area contributed by atoms with Crippen molar-refractivity contribution < 1.29 is 0 Å². The second-order valence-electron chi connectivity index (χ2n) is 6.07. The lowest BCUT2D eigenvalue weighted by atomic mass is 10.1. The molecule has 0 aliphatic carbocycles. The zero-order chi connectivity index (χ0) is 12.8. The van der Waals surface area contributed by atoms with Crippen LogP contribution < -0.4 is 0 Å². The van der Waals surface area contributed by atoms with E-state index in [1.54, 1.807) is 6.04 Å². The predicted octanol–water partition coefficient (Wildman–Crippen LogP) is 6.17. The fourth-order valence-electron chi connectivity index (χ4n) is 2.39. The molecule has 0 amide bonds. The van der Waals surface area contributed by atoms with Crippen LogP contribution in [0.3, 0.4) is 0 Å². The molecule has 0 atom stereocenters. The molecule has 0 saturated heterocycles. The van der Waals surface area contributed by atoms with E-state index in [0.717, 1.165) is 0 Å². The maximum Gasteiger partial charge on any atom is 0.0305 e. The SMILES string of the molecule is CCCCCCCCCCCCCC[SiH](C)C. The van der Waals surface area contributed by atoms with Crippen molar-refractivity contribution in [1.82, 2.24) is 0 Å². The van der Waals surface area contributed by atoms with Crippen molar-refractivity contribution in [2.45, 2.75) is 103 Å². The van der Waals surface area contributed by atoms with Crippen LogP contribution in [0.5, 0.6) is 0 Å². The monoisotopic (exact) mass is 256 g/mol. The van der Waals surface area contributed by atoms with Crippen LogP contribution in [0.1, 0.15) is 84.0 Å². The van der Waals surface area contributed by atoms with Crippen LogP contribution in [0.25, 0.3) is 0 Å². The van der Waals surface area contributed by atoms with Crippen LogP contribution in [-0.2, 0) is 0 Å². The molecule has 0 saturated carbocycles. The summed E-state index contributed by atoms with van der Waals surface area (Å²) >= 11 is 0. The minimum absolute atomic E-state index is 0.255. The van der Waals surface area contributed by atoms with Crippen LogP contribution >= 0.6 is 0 Å². The molecule has 0 N–H and O–H groups in total. The van der Waals surface area contributed by atoms with Gasteiger partial charge in [0, 0.05) is 8.80 Å². The van der Waals surface area contributed by atoms with Gasteiger partial charge in [0.1, 0.15) is 0 Å². The molecule has 0 aromatic heterocycles. The number of rotatable bonds is 13. The Balaban J connectivity index is 2.89. The van der Waals surface area contributed by atoms with Gasteiger partial charge in [-0.25, -0.2) is 0 Å². The highest BCUT2D eigenvalue weighted by molar-refractivity contribution is 6.55. The van der Waals surface area contributed by atoms with Crippen LogP contribution in [0.15, 0.2) is 0 Å². The fourth-order valence-corrected chi connectivity index (χ4v) is 3.50. The van der Waals surface area contributed by atoms with E-state index in [2.05, 4.69) is 20.0 Å². The number of hydrogen-bond donors (Lipinski definition) is 0. The van der Waals surface area contributed by atoms with Gasteiger partial charge < -0.3 is 0 Å². The van der Waals surface area contributed by atoms with Crippen molar-refractivity contribution in [1.29, 1.82) is 0 Å². The van der Waals surface area contributed by atoms with Crippen LogP contribution in [0.4, 0.5) is 0 Å². The molecule has 0 fully saturated rings. The Morgan fingerprint density at radius 1 is 0.529 bits per heavy atom. The van der Waals surface area contributed by atoms with Gasteiger partial charge in [0.2, 0.25) is 0 Å². The number of hydrogen-bond acceptors (Lipinski definition) is 0. The average molecular weight is 257 g/mol. The van der Waals surface area contributed by atoms with E-state index in [0.29, 0.717) is 0 Å². The molecule has 0 heterocycles. The lowest BCUT2D eigenvalue weighted by Crippen LogP contribution is -1.97. The lowest BCUT2D eigenvalue weighted by Gasteiger charge is -2.04. The summed E-state index contributed by atoms with van der Waals surface area (Å²) in [5.74, 6) is 0. The van der Waals surface area contributed by atoms with Crippen molar-refractivity contribution in [3.8, 4) is 0 Å². The summed E-state index contributed by atoms with van der Waals surface area (Å²) in [6, 6.07) is 1.57. The predicted molar refractivity (Wildman–Crippen MR) is 84.8 cm³/mol. The fraction of sp³-hybridized carbons (Fsp3) is 1.00. The smallest absolute Gasteiger partial charge is 0.0305 e. The zero-order valence-electron chi connectivity index (χ0n) is 12.8. The normalized spacial score (nSPS) is 11.3. The minimum Gasteiger partial charge on any atom is -0.0722 e. The summed E-state index contributed by atoms with van der Waals surface area (Å²) in [4.78, 5) is 0. The van der Waals surface area contributed by atoms with Crippen LogP contribution in [0, 0.1) is 0 Å². The Labute approximate surface area is 112 Å². The molecule has 0 aliphatic heterocycles. The van der Waals surface area contributed by atoms with Gasteiger partial charge in [-0.2, -0.15) is 0 Å². The second-order valence-corrected chi connectivity index (χ2v) is 9.44. The van der Waals surface area contributed by atoms with Crippen molar-refractivity contribution in [3.63, 3.8) is 0 Å². The van der Waals surface area contributed by atoms with E-state index in [-0.39, 0.29) is 8.80 Å². The zero-order valence-corrected chi connectivity index (χ0v) is 13.9. The Morgan fingerprint density at radius 2 is 0.882 bits per heavy atom. The summed E-state index contributed by atoms with van der Waals surface area (Å²) in [6.07, 6.45) is 17.7. The summed E-state index contributed by atoms with van der Waals surface area (Å²) in [5, 5.41) is 0. The molecule has 0 unspecified atom stereocenters. The maximum atomic E-state index is 2.47. The molecule has 0 radical (unpaired) electrons. The third kappa shape index (κ3) is 16.2. The molecule has 0 aliphatic rings. The Morgan fingerprint density at radius 3 is 1.24 bits per heavy atom. The summed E-state index contributed by atoms with van der Waals surface area (Å²) < 4.78 is 0. The molecule has 17 heavy (non-hydrogen) atoms. The Bertz CT molecular complexity index is 131. The first-order valence-electron chi connectivity index (χ1n) is 8.27. The van der Waals surface area contributed by atoms with Crippen molar-refractivity contribution in [2.75, 3.05) is 0 Å². The summed E-state index contributed by atoms with van der Waals surface area (Å²) in [5.41, 5.74) is 0. The van der Waals surface area contributed by atoms with Gasteiger partial charge in [0.05, 0.1) is 0 Å². The van der Waals surface area contributed by atoms with E-state index < -0.39 is 0 Å². The van der Waals surface area contributed by atoms with Gasteiger partial charge in [-0.1, -0.05) is 103 Å². The molecule has 1 heteroatoms. The molecular weight excluding hydrogens is 220 g/mol. The number of unbranched alkanes of at least 4 members (excludes halogenated alkanes) is 11. The van der Waals surface area contributed by atoms with Crippen LogP contribution in [-0.4, -0.2) is 8.80 Å². The first-order chi connectivity index (χ1) is 8.27. The van der Waals surface area contributed by atoms with Crippen molar-refractivity contribution >= 4 is 8.80 Å². The van der Waals surface area contributed by atoms with Crippen molar-refractivity contribution in [2.24, 2.45) is 0 Å². The highest BCUT2D eigenvalue weighted by Gasteiger charge is 1.96. The topological polar surface area (TPSA) is 0 Å². The summed E-state index contributed by atoms with van der Waals surface area (Å²) in [6.45, 7) is 7.23. The van der Waals surface area contributed by atoms with E-state index in [1.807, 2.05) is 0 Å². The van der Waals surface area contributed by atoms with Gasteiger partial charge in [-0.15, -0.1) is 0 Å². The molecular formula is C16H36Si. The Kier molecular flexibility index (Phi) is 14.5. The first kappa shape index (κ1) is 17.2. The van der Waals surface area contributed by atoms with Gasteiger partial charge in [0.25, 0.3) is 0 Å². The quantitative estimate of drug-likeness (QED) is 0.273. The molecule has 0 aromatic rings. The standard InChI is InChI=1S/C16H36Si/c1-4-5-6-7-8-9-10-11-12-13-14-15-16-17(2)3/h17H,4-16H2,1-3H3. The Hall–Kier alpha value is 0.217. The molecule has 0 bridgehead atoms. The van der Waals surface area contributed by atoms with Crippen molar-refractivity contribution in [3.05, 3.63) is 0 Å². The highest BCUT2D eigenvalue weighted by atomic mass is 28.3. The maximum absolute atomic E-state index is 2.47. The van der Waals surface area contributed by atoms with E-state index in [4.69, 9.17) is 0 Å². The van der Waals surface area contributed by atoms with Gasteiger partial charge in [-0.3, -0.25) is 0 Å². The van der Waals surface area contributed by atoms with Gasteiger partial charge in [-0.05, 0) is 0 Å². The third-order valence-corrected chi connectivity index (χ3v) is 5.20. The lowest BCUT2D eigenvalue weighted by molar-refractivity contribution is 0.547. The highest BCUT2D eigenvalue weighted by Crippen LogP contribution is 2.12. The first-order valence-corrected chi connectivity index (χ1v) is 11.4.